The van der Waals surface area contributed by atoms with Crippen LogP contribution in [0, 0.1) is 0 Å². The average molecular weight is 328 g/mol. The molecule has 0 aromatic heterocycles. The number of hydrogen-bond acceptors (Lipinski definition) is 4. The SMILES string of the molecule is O=C1CSc2ccc(CNC(=O)OCc3ccccc3)cc2N1. The molecule has 23 heavy (non-hydrogen) atoms. The fourth-order valence-corrected chi connectivity index (χ4v) is 2.98. The molecule has 2 amide bonds. The number of carbonyl (C=O) groups excluding carboxylic acids is 2. The number of alkyl carbamates (subject to hydrolysis) is 1. The maximum atomic E-state index is 11.7. The number of thioether (sulfide) groups is 1. The summed E-state index contributed by atoms with van der Waals surface area (Å²) in [6, 6.07) is 15.3. The highest BCUT2D eigenvalue weighted by Crippen LogP contribution is 2.31. The topological polar surface area (TPSA) is 67.4 Å². The van der Waals surface area contributed by atoms with E-state index in [1.165, 1.54) is 11.8 Å². The first-order chi connectivity index (χ1) is 11.2. The third-order valence-electron chi connectivity index (χ3n) is 3.33. The zero-order chi connectivity index (χ0) is 16.1. The van der Waals surface area contributed by atoms with Gasteiger partial charge in [-0.3, -0.25) is 4.79 Å². The lowest BCUT2D eigenvalue weighted by atomic mass is 10.2. The molecule has 0 saturated heterocycles. The number of fused-ring (bicyclic) bond motifs is 1. The average Bonchev–Trinajstić information content (AvgIpc) is 2.58. The van der Waals surface area contributed by atoms with Gasteiger partial charge < -0.3 is 15.4 Å². The maximum absolute atomic E-state index is 11.7. The number of carbonyl (C=O) groups is 2. The molecule has 2 aromatic rings. The van der Waals surface area contributed by atoms with Crippen LogP contribution in [0.5, 0.6) is 0 Å². The highest BCUT2D eigenvalue weighted by atomic mass is 32.2. The third-order valence-corrected chi connectivity index (χ3v) is 4.40. The molecule has 118 valence electrons. The number of benzene rings is 2. The van der Waals surface area contributed by atoms with Crippen LogP contribution in [-0.2, 0) is 22.7 Å². The highest BCUT2D eigenvalue weighted by Gasteiger charge is 2.15. The molecule has 0 spiro atoms. The second kappa shape index (κ2) is 7.19. The summed E-state index contributed by atoms with van der Waals surface area (Å²) in [7, 11) is 0. The molecular formula is C17H16N2O3S. The number of ether oxygens (including phenoxy) is 1. The van der Waals surface area contributed by atoms with Gasteiger partial charge in [0, 0.05) is 11.4 Å². The van der Waals surface area contributed by atoms with Gasteiger partial charge in [-0.25, -0.2) is 4.79 Å². The van der Waals surface area contributed by atoms with Crippen LogP contribution in [0.15, 0.2) is 53.4 Å². The first kappa shape index (κ1) is 15.4. The van der Waals surface area contributed by atoms with Crippen molar-refractivity contribution in [3.63, 3.8) is 0 Å². The predicted octanol–water partition coefficient (Wildman–Crippen LogP) is 3.16. The number of anilines is 1. The first-order valence-corrected chi connectivity index (χ1v) is 8.19. The quantitative estimate of drug-likeness (QED) is 0.905. The van der Waals surface area contributed by atoms with E-state index in [1.807, 2.05) is 48.5 Å². The summed E-state index contributed by atoms with van der Waals surface area (Å²) in [6.07, 6.45) is -0.468. The Hall–Kier alpha value is -2.47. The normalized spacial score (nSPS) is 13.0. The van der Waals surface area contributed by atoms with E-state index in [9.17, 15) is 9.59 Å². The van der Waals surface area contributed by atoms with Crippen molar-refractivity contribution in [3.8, 4) is 0 Å². The molecule has 6 heteroatoms. The second-order valence-electron chi connectivity index (χ2n) is 5.08. The molecule has 1 aliphatic heterocycles. The summed E-state index contributed by atoms with van der Waals surface area (Å²) in [5.41, 5.74) is 2.64. The Morgan fingerprint density at radius 2 is 2.00 bits per heavy atom. The smallest absolute Gasteiger partial charge is 0.407 e. The molecule has 5 nitrogen and oxygen atoms in total. The summed E-state index contributed by atoms with van der Waals surface area (Å²) in [5.74, 6) is 0.436. The van der Waals surface area contributed by atoms with Crippen LogP contribution in [0.25, 0.3) is 0 Å². The van der Waals surface area contributed by atoms with Crippen LogP contribution in [0.2, 0.25) is 0 Å². The molecule has 0 radical (unpaired) electrons. The van der Waals surface area contributed by atoms with Gasteiger partial charge in [0.15, 0.2) is 0 Å². The molecule has 0 aliphatic carbocycles. The Morgan fingerprint density at radius 1 is 1.17 bits per heavy atom. The fourth-order valence-electron chi connectivity index (χ4n) is 2.19. The summed E-state index contributed by atoms with van der Waals surface area (Å²) >= 11 is 1.51. The van der Waals surface area contributed by atoms with E-state index in [4.69, 9.17) is 4.74 Å². The molecule has 0 unspecified atom stereocenters. The Balaban J connectivity index is 1.51. The zero-order valence-corrected chi connectivity index (χ0v) is 13.2. The van der Waals surface area contributed by atoms with Crippen LogP contribution in [-0.4, -0.2) is 17.8 Å². The van der Waals surface area contributed by atoms with Gasteiger partial charge >= 0.3 is 6.09 Å². The van der Waals surface area contributed by atoms with Gasteiger partial charge in [0.25, 0.3) is 0 Å². The fraction of sp³-hybridized carbons (Fsp3) is 0.176. The van der Waals surface area contributed by atoms with Gasteiger partial charge in [0.1, 0.15) is 6.61 Å². The number of hydrogen-bond donors (Lipinski definition) is 2. The van der Waals surface area contributed by atoms with E-state index in [1.54, 1.807) is 0 Å². The maximum Gasteiger partial charge on any atom is 0.407 e. The molecule has 0 saturated carbocycles. The Kier molecular flexibility index (Phi) is 4.83. The van der Waals surface area contributed by atoms with E-state index in [2.05, 4.69) is 10.6 Å². The minimum Gasteiger partial charge on any atom is -0.445 e. The molecule has 0 atom stereocenters. The molecule has 2 N–H and O–H groups in total. The number of nitrogens with one attached hydrogen (secondary N) is 2. The van der Waals surface area contributed by atoms with Crippen molar-refractivity contribution < 1.29 is 14.3 Å². The minimum atomic E-state index is -0.468. The standard InChI is InChI=1S/C17H16N2O3S/c20-16-11-23-15-7-6-13(8-14(15)19-16)9-18-17(21)22-10-12-4-2-1-3-5-12/h1-8H,9-11H2,(H,18,21)(H,19,20). The number of rotatable bonds is 4. The van der Waals surface area contributed by atoms with Crippen molar-refractivity contribution in [2.45, 2.75) is 18.0 Å². The van der Waals surface area contributed by atoms with Crippen molar-refractivity contribution in [3.05, 3.63) is 59.7 Å². The molecule has 1 aliphatic rings. The Morgan fingerprint density at radius 3 is 2.83 bits per heavy atom. The minimum absolute atomic E-state index is 0.00474. The van der Waals surface area contributed by atoms with Crippen molar-refractivity contribution in [1.29, 1.82) is 0 Å². The van der Waals surface area contributed by atoms with Crippen LogP contribution >= 0.6 is 11.8 Å². The summed E-state index contributed by atoms with van der Waals surface area (Å²) in [5, 5.41) is 5.54. The Bertz CT molecular complexity index is 719. The third kappa shape index (κ3) is 4.26. The van der Waals surface area contributed by atoms with E-state index in [0.717, 1.165) is 21.7 Å². The molecule has 0 bridgehead atoms. The molecule has 3 rings (SSSR count). The van der Waals surface area contributed by atoms with E-state index < -0.39 is 6.09 Å². The lowest BCUT2D eigenvalue weighted by molar-refractivity contribution is -0.113. The summed E-state index contributed by atoms with van der Waals surface area (Å²) in [4.78, 5) is 24.2. The van der Waals surface area contributed by atoms with Gasteiger partial charge in [0.05, 0.1) is 11.4 Å². The Labute approximate surface area is 138 Å². The molecule has 0 fully saturated rings. The van der Waals surface area contributed by atoms with Gasteiger partial charge in [-0.1, -0.05) is 36.4 Å². The highest BCUT2D eigenvalue weighted by molar-refractivity contribution is 8.00. The van der Waals surface area contributed by atoms with Crippen molar-refractivity contribution in [2.24, 2.45) is 0 Å². The van der Waals surface area contributed by atoms with Crippen molar-refractivity contribution in [2.75, 3.05) is 11.1 Å². The van der Waals surface area contributed by atoms with E-state index in [0.29, 0.717) is 12.3 Å². The van der Waals surface area contributed by atoms with Crippen LogP contribution < -0.4 is 10.6 Å². The van der Waals surface area contributed by atoms with E-state index >= 15 is 0 Å². The van der Waals surface area contributed by atoms with Gasteiger partial charge in [0.2, 0.25) is 5.91 Å². The summed E-state index contributed by atoms with van der Waals surface area (Å²) < 4.78 is 5.16. The monoisotopic (exact) mass is 328 g/mol. The van der Waals surface area contributed by atoms with Gasteiger partial charge in [-0.05, 0) is 23.3 Å². The first-order valence-electron chi connectivity index (χ1n) is 7.21. The van der Waals surface area contributed by atoms with E-state index in [-0.39, 0.29) is 12.5 Å². The van der Waals surface area contributed by atoms with Crippen molar-refractivity contribution >= 4 is 29.4 Å². The lowest BCUT2D eigenvalue weighted by Gasteiger charge is -2.17. The zero-order valence-electron chi connectivity index (χ0n) is 12.4. The van der Waals surface area contributed by atoms with Crippen LogP contribution in [0.4, 0.5) is 10.5 Å². The lowest BCUT2D eigenvalue weighted by Crippen LogP contribution is -2.24. The summed E-state index contributed by atoms with van der Waals surface area (Å²) in [6.45, 7) is 0.588. The van der Waals surface area contributed by atoms with Gasteiger partial charge in [-0.15, -0.1) is 11.8 Å². The second-order valence-corrected chi connectivity index (χ2v) is 6.10. The largest absolute Gasteiger partial charge is 0.445 e. The molecule has 1 heterocycles. The number of amides is 2. The van der Waals surface area contributed by atoms with Gasteiger partial charge in [-0.2, -0.15) is 0 Å². The van der Waals surface area contributed by atoms with Crippen LogP contribution in [0.1, 0.15) is 11.1 Å². The van der Waals surface area contributed by atoms with Crippen molar-refractivity contribution in [1.82, 2.24) is 5.32 Å². The predicted molar refractivity (Wildman–Crippen MR) is 89.3 cm³/mol. The van der Waals surface area contributed by atoms with Crippen LogP contribution in [0.3, 0.4) is 0 Å². The molecular weight excluding hydrogens is 312 g/mol. The molecule has 2 aromatic carbocycles.